The van der Waals surface area contributed by atoms with Gasteiger partial charge in [-0.2, -0.15) is 0 Å². The molecule has 3 heteroatoms. The molecule has 3 fully saturated rings. The van der Waals surface area contributed by atoms with Crippen molar-refractivity contribution in [3.63, 3.8) is 0 Å². The van der Waals surface area contributed by atoms with E-state index in [1.54, 1.807) is 6.08 Å². The van der Waals surface area contributed by atoms with Crippen LogP contribution in [-0.4, -0.2) is 18.4 Å². The number of Topliss-reactive ketones (excluding diaryl/α,β-unsaturated/α-hetero) is 1. The first kappa shape index (κ1) is 19.9. The Morgan fingerprint density at radius 1 is 1.21 bits per heavy atom. The Bertz CT molecular complexity index is 762. The van der Waals surface area contributed by atoms with Gasteiger partial charge in [-0.05, 0) is 79.1 Å². The van der Waals surface area contributed by atoms with Crippen LogP contribution >= 0.6 is 0 Å². The fraction of sp³-hybridized carbons (Fsp3) is 0.760. The number of hydrogen-bond donors (Lipinski definition) is 0. The molecule has 28 heavy (non-hydrogen) atoms. The Morgan fingerprint density at radius 3 is 2.61 bits per heavy atom. The molecule has 0 radical (unpaired) electrons. The van der Waals surface area contributed by atoms with Gasteiger partial charge in [0.05, 0.1) is 0 Å². The van der Waals surface area contributed by atoms with Crippen molar-refractivity contribution in [3.8, 4) is 0 Å². The van der Waals surface area contributed by atoms with E-state index in [1.165, 1.54) is 18.4 Å². The van der Waals surface area contributed by atoms with Crippen molar-refractivity contribution in [1.29, 1.82) is 0 Å². The zero-order valence-electron chi connectivity index (χ0n) is 18.3. The number of cyclic esters (lactones) is 1. The number of ether oxygens (including phenoxy) is 1. The molecule has 4 rings (SSSR count). The molecule has 0 bridgehead atoms. The molecule has 3 nitrogen and oxygen atoms in total. The highest BCUT2D eigenvalue weighted by Crippen LogP contribution is 2.82. The van der Waals surface area contributed by atoms with E-state index in [9.17, 15) is 9.59 Å². The summed E-state index contributed by atoms with van der Waals surface area (Å²) in [7, 11) is 0. The number of ketones is 1. The monoisotopic (exact) mass is 384 g/mol. The van der Waals surface area contributed by atoms with Crippen LogP contribution in [0.3, 0.4) is 0 Å². The second kappa shape index (κ2) is 6.57. The first-order valence-corrected chi connectivity index (χ1v) is 11.2. The lowest BCUT2D eigenvalue weighted by atomic mass is 9.31. The average molecular weight is 385 g/mol. The number of allylic oxidation sites excluding steroid dienone is 2. The van der Waals surface area contributed by atoms with Gasteiger partial charge in [0, 0.05) is 18.4 Å². The first-order valence-electron chi connectivity index (χ1n) is 11.2. The quantitative estimate of drug-likeness (QED) is 0.439. The van der Waals surface area contributed by atoms with Crippen molar-refractivity contribution < 1.29 is 14.3 Å². The zero-order valence-corrected chi connectivity index (χ0v) is 18.3. The van der Waals surface area contributed by atoms with Gasteiger partial charge >= 0.3 is 5.97 Å². The highest BCUT2D eigenvalue weighted by molar-refractivity contribution is 5.86. The third kappa shape index (κ3) is 2.53. The molecule has 6 atom stereocenters. The van der Waals surface area contributed by atoms with E-state index in [2.05, 4.69) is 40.7 Å². The normalized spacial score (nSPS) is 44.8. The van der Waals surface area contributed by atoms with Gasteiger partial charge < -0.3 is 4.74 Å². The predicted octanol–water partition coefficient (Wildman–Crippen LogP) is 5.64. The molecule has 4 aliphatic rings. The van der Waals surface area contributed by atoms with Crippen LogP contribution in [0.2, 0.25) is 0 Å². The minimum absolute atomic E-state index is 0.193. The lowest BCUT2D eigenvalue weighted by Crippen LogP contribution is -2.70. The lowest BCUT2D eigenvalue weighted by Gasteiger charge is -2.71. The summed E-state index contributed by atoms with van der Waals surface area (Å²) in [6.07, 6.45) is 11.4. The van der Waals surface area contributed by atoms with Crippen LogP contribution in [0.4, 0.5) is 0 Å². The van der Waals surface area contributed by atoms with E-state index in [0.717, 1.165) is 37.7 Å². The van der Waals surface area contributed by atoms with Gasteiger partial charge in [0.1, 0.15) is 12.4 Å². The lowest BCUT2D eigenvalue weighted by molar-refractivity contribution is -0.238. The Morgan fingerprint density at radius 2 is 1.93 bits per heavy atom. The Hall–Kier alpha value is -1.38. The number of carbonyl (C=O) groups excluding carboxylic acids is 2. The van der Waals surface area contributed by atoms with E-state index < -0.39 is 0 Å². The van der Waals surface area contributed by atoms with E-state index in [-0.39, 0.29) is 17.3 Å². The highest BCUT2D eigenvalue weighted by Gasteiger charge is 2.79. The summed E-state index contributed by atoms with van der Waals surface area (Å²) in [5.41, 5.74) is 3.36. The smallest absolute Gasteiger partial charge is 0.331 e. The molecular formula is C25H36O3. The van der Waals surface area contributed by atoms with Gasteiger partial charge in [-0.3, -0.25) is 4.79 Å². The summed E-state index contributed by atoms with van der Waals surface area (Å²) in [5, 5.41) is 0. The minimum Gasteiger partial charge on any atom is -0.458 e. The number of hydrogen-bond acceptors (Lipinski definition) is 3. The molecule has 3 aliphatic carbocycles. The van der Waals surface area contributed by atoms with Crippen LogP contribution in [-0.2, 0) is 14.3 Å². The Balaban J connectivity index is 1.39. The SMILES string of the molecule is CC(=CCCC1=CC(=O)OC1)CC[C@@H]1[C@H]2C(=O)CC(C)[C@@]3(C)CC[C@]1(C)[C@@]23C. The summed E-state index contributed by atoms with van der Waals surface area (Å²) < 4.78 is 4.96. The maximum Gasteiger partial charge on any atom is 0.331 e. The van der Waals surface area contributed by atoms with Gasteiger partial charge in [-0.25, -0.2) is 4.79 Å². The van der Waals surface area contributed by atoms with Crippen LogP contribution in [0.25, 0.3) is 0 Å². The van der Waals surface area contributed by atoms with Crippen LogP contribution in [0.1, 0.15) is 79.6 Å². The Labute approximate surface area is 170 Å². The molecule has 154 valence electrons. The maximum atomic E-state index is 13.0. The van der Waals surface area contributed by atoms with E-state index in [4.69, 9.17) is 4.74 Å². The van der Waals surface area contributed by atoms with Crippen molar-refractivity contribution in [2.75, 3.05) is 6.61 Å². The zero-order chi connectivity index (χ0) is 20.3. The largest absolute Gasteiger partial charge is 0.458 e. The van der Waals surface area contributed by atoms with Crippen molar-refractivity contribution in [2.24, 2.45) is 34.0 Å². The molecule has 0 spiro atoms. The molecule has 0 saturated heterocycles. The topological polar surface area (TPSA) is 43.4 Å². The first-order chi connectivity index (χ1) is 13.1. The predicted molar refractivity (Wildman–Crippen MR) is 111 cm³/mol. The molecule has 0 aromatic rings. The third-order valence-electron chi connectivity index (χ3n) is 9.85. The van der Waals surface area contributed by atoms with Crippen LogP contribution < -0.4 is 0 Å². The number of esters is 1. The Kier molecular flexibility index (Phi) is 4.67. The van der Waals surface area contributed by atoms with Crippen molar-refractivity contribution in [1.82, 2.24) is 0 Å². The molecule has 1 unspecified atom stereocenters. The number of rotatable bonds is 6. The number of carbonyl (C=O) groups is 2. The second-order valence-electron chi connectivity index (χ2n) is 10.7. The summed E-state index contributed by atoms with van der Waals surface area (Å²) in [6, 6.07) is 0. The molecule has 1 aliphatic heterocycles. The molecular weight excluding hydrogens is 348 g/mol. The van der Waals surface area contributed by atoms with E-state index in [0.29, 0.717) is 35.1 Å². The standard InChI is InChI=1S/C25H36O3/c1-16(7-6-8-18-14-21(27)28-15-18)9-10-19-22-20(26)13-17(2)23(3)11-12-24(19,4)25(22,23)5/h7,14,17,19,22H,6,8-13,15H2,1-5H3/t17?,19-,22+,23-,24+,25+/m1/s1. The summed E-state index contributed by atoms with van der Waals surface area (Å²) in [5.74, 6) is 1.68. The molecule has 0 amide bonds. The maximum absolute atomic E-state index is 13.0. The fourth-order valence-corrected chi connectivity index (χ4v) is 7.64. The summed E-state index contributed by atoms with van der Waals surface area (Å²) in [6.45, 7) is 12.4. The van der Waals surface area contributed by atoms with Crippen molar-refractivity contribution in [3.05, 3.63) is 23.3 Å². The molecule has 0 N–H and O–H groups in total. The van der Waals surface area contributed by atoms with Crippen LogP contribution in [0, 0.1) is 34.0 Å². The highest BCUT2D eigenvalue weighted by atomic mass is 16.5. The van der Waals surface area contributed by atoms with Gasteiger partial charge in [0.15, 0.2) is 0 Å². The van der Waals surface area contributed by atoms with Gasteiger partial charge in [0.2, 0.25) is 0 Å². The van der Waals surface area contributed by atoms with Crippen molar-refractivity contribution >= 4 is 11.8 Å². The van der Waals surface area contributed by atoms with Crippen molar-refractivity contribution in [2.45, 2.75) is 79.6 Å². The molecule has 0 aromatic heterocycles. The molecule has 3 saturated carbocycles. The second-order valence-corrected chi connectivity index (χ2v) is 10.7. The molecule has 1 heterocycles. The molecule has 0 aromatic carbocycles. The fourth-order valence-electron chi connectivity index (χ4n) is 7.64. The van der Waals surface area contributed by atoms with Gasteiger partial charge in [-0.1, -0.05) is 39.3 Å². The van der Waals surface area contributed by atoms with Gasteiger partial charge in [-0.15, -0.1) is 0 Å². The van der Waals surface area contributed by atoms with Crippen LogP contribution in [0.5, 0.6) is 0 Å². The average Bonchev–Trinajstić information content (AvgIpc) is 3.12. The summed E-state index contributed by atoms with van der Waals surface area (Å²) in [4.78, 5) is 24.1. The third-order valence-corrected chi connectivity index (χ3v) is 9.85. The van der Waals surface area contributed by atoms with Crippen LogP contribution in [0.15, 0.2) is 23.3 Å². The van der Waals surface area contributed by atoms with Gasteiger partial charge in [0.25, 0.3) is 0 Å². The minimum atomic E-state index is -0.202. The summed E-state index contributed by atoms with van der Waals surface area (Å²) >= 11 is 0. The van der Waals surface area contributed by atoms with E-state index >= 15 is 0 Å². The van der Waals surface area contributed by atoms with E-state index in [1.807, 2.05) is 0 Å².